The molecule has 10 nitrogen and oxygen atoms in total. The molecule has 0 heterocycles. The molecule has 0 aliphatic heterocycles. The smallest absolute Gasteiger partial charge is 0.217 e. The molecule has 0 aromatic heterocycles. The fraction of sp³-hybridized carbons (Fsp3) is 0.926. The Kier molecular flexibility index (Phi) is 9.31. The predicted octanol–water partition coefficient (Wildman–Crippen LogP) is 3.27. The molecule has 39 heavy (non-hydrogen) atoms. The number of hydrogen-bond acceptors (Lipinski definition) is 10. The minimum atomic E-state index is -4.94. The van der Waals surface area contributed by atoms with Gasteiger partial charge in [-0.1, -0.05) is 38.8 Å². The molecule has 0 saturated heterocycles. The van der Waals surface area contributed by atoms with Gasteiger partial charge in [0, 0.05) is 6.61 Å². The molecular formula is C27H44O10S2-2. The van der Waals surface area contributed by atoms with Gasteiger partial charge in [0.1, 0.15) is 6.10 Å². The summed E-state index contributed by atoms with van der Waals surface area (Å²) in [6.07, 6.45) is 7.58. The molecule has 0 radical (unpaired) electrons. The summed E-state index contributed by atoms with van der Waals surface area (Å²) in [6.45, 7) is 6.36. The fourth-order valence-corrected chi connectivity index (χ4v) is 9.96. The zero-order valence-corrected chi connectivity index (χ0v) is 24.8. The monoisotopic (exact) mass is 592 g/mol. The Balaban J connectivity index is 1.54. The summed E-state index contributed by atoms with van der Waals surface area (Å²) in [5.74, 6) is 1.22. The van der Waals surface area contributed by atoms with Gasteiger partial charge >= 0.3 is 0 Å². The highest BCUT2D eigenvalue weighted by Crippen LogP contribution is 2.67. The molecular weight excluding hydrogens is 548 g/mol. The van der Waals surface area contributed by atoms with Crippen molar-refractivity contribution in [3.05, 3.63) is 11.6 Å². The van der Waals surface area contributed by atoms with Crippen LogP contribution >= 0.6 is 0 Å². The van der Waals surface area contributed by atoms with Crippen molar-refractivity contribution in [3.63, 3.8) is 0 Å². The SMILES string of the molecule is CC(CO)CCC[C@@H](COS(=O)(=O)[O-])[C@H]1CC[C@H]2[C@@H]3CC=C4C[C@H](O)[C@@H](OS(=O)(=O)[O-])C[C@]4(C)[C@H]3CC[C@]12C. The van der Waals surface area contributed by atoms with Crippen molar-refractivity contribution >= 4 is 20.8 Å². The second-order valence-corrected chi connectivity index (χ2v) is 15.2. The Labute approximate surface area is 233 Å². The highest BCUT2D eigenvalue weighted by atomic mass is 32.3. The molecule has 4 aliphatic rings. The van der Waals surface area contributed by atoms with Gasteiger partial charge < -0.3 is 19.3 Å². The number of rotatable bonds is 11. The lowest BCUT2D eigenvalue weighted by Crippen LogP contribution is -2.54. The first-order valence-corrected chi connectivity index (χ1v) is 17.0. The number of aliphatic hydroxyl groups excluding tert-OH is 2. The van der Waals surface area contributed by atoms with E-state index in [1.165, 1.54) is 0 Å². The van der Waals surface area contributed by atoms with Crippen LogP contribution in [-0.2, 0) is 29.2 Å². The van der Waals surface area contributed by atoms with Crippen LogP contribution in [0.2, 0.25) is 0 Å². The van der Waals surface area contributed by atoms with Crippen LogP contribution in [0, 0.1) is 46.3 Å². The maximum atomic E-state index is 11.3. The summed E-state index contributed by atoms with van der Waals surface area (Å²) in [5, 5.41) is 19.9. The van der Waals surface area contributed by atoms with Crippen LogP contribution in [0.3, 0.4) is 0 Å². The summed E-state index contributed by atoms with van der Waals surface area (Å²) in [4.78, 5) is 0. The molecule has 4 rings (SSSR count). The van der Waals surface area contributed by atoms with Gasteiger partial charge in [0.2, 0.25) is 20.8 Å². The van der Waals surface area contributed by atoms with Gasteiger partial charge in [-0.05, 0) is 104 Å². The van der Waals surface area contributed by atoms with E-state index in [2.05, 4.69) is 19.9 Å². The molecule has 1 unspecified atom stereocenters. The molecule has 0 spiro atoms. The van der Waals surface area contributed by atoms with Crippen LogP contribution in [-0.4, -0.2) is 61.6 Å². The first-order chi connectivity index (χ1) is 18.1. The van der Waals surface area contributed by atoms with E-state index in [-0.39, 0.29) is 54.1 Å². The van der Waals surface area contributed by atoms with E-state index in [1.807, 2.05) is 6.92 Å². The highest BCUT2D eigenvalue weighted by Gasteiger charge is 2.60. The number of hydrogen-bond donors (Lipinski definition) is 2. The van der Waals surface area contributed by atoms with Crippen molar-refractivity contribution in [2.75, 3.05) is 13.2 Å². The van der Waals surface area contributed by atoms with Gasteiger partial charge in [-0.3, -0.25) is 8.37 Å². The molecule has 3 saturated carbocycles. The zero-order valence-electron chi connectivity index (χ0n) is 23.2. The maximum Gasteiger partial charge on any atom is 0.217 e. The molecule has 4 aliphatic carbocycles. The van der Waals surface area contributed by atoms with Crippen molar-refractivity contribution in [2.45, 2.75) is 97.2 Å². The van der Waals surface area contributed by atoms with Gasteiger partial charge in [0.05, 0.1) is 12.7 Å². The topological polar surface area (TPSA) is 173 Å². The van der Waals surface area contributed by atoms with Gasteiger partial charge in [0.15, 0.2) is 0 Å². The van der Waals surface area contributed by atoms with Crippen LogP contribution in [0.15, 0.2) is 11.6 Å². The first kappa shape index (κ1) is 31.3. The Morgan fingerprint density at radius 3 is 2.44 bits per heavy atom. The molecule has 10 atom stereocenters. The van der Waals surface area contributed by atoms with Gasteiger partial charge in [-0.15, -0.1) is 0 Å². The molecule has 0 aromatic rings. The summed E-state index contributed by atoms with van der Waals surface area (Å²) in [5.41, 5.74) is 0.674. The summed E-state index contributed by atoms with van der Waals surface area (Å²) < 4.78 is 77.6. The average molecular weight is 593 g/mol. The average Bonchev–Trinajstić information content (AvgIpc) is 3.17. The third kappa shape index (κ3) is 6.74. The van der Waals surface area contributed by atoms with E-state index in [0.717, 1.165) is 56.9 Å². The van der Waals surface area contributed by atoms with Crippen molar-refractivity contribution < 1.29 is 44.5 Å². The molecule has 2 N–H and O–H groups in total. The molecule has 0 bridgehead atoms. The Bertz CT molecular complexity index is 1120. The molecule has 12 heteroatoms. The molecule has 0 amide bonds. The van der Waals surface area contributed by atoms with Crippen LogP contribution < -0.4 is 0 Å². The van der Waals surface area contributed by atoms with E-state index in [9.17, 15) is 36.2 Å². The van der Waals surface area contributed by atoms with Gasteiger partial charge in [-0.2, -0.15) is 0 Å². The standard InChI is InChI=1S/C27H46O10S2/c1-17(15-28)5-4-6-18(16-36-38(30,31)32)21-9-10-22-20-8-7-19-13-24(29)25(37-39(33,34)35)14-27(19,3)23(20)11-12-26(21,22)2/h7,17-18,20-25,28-29H,4-6,8-16H2,1-3H3,(H,30,31,32)(H,33,34,35)/p-2/t17?,18-,20-,21+,22-,23-,24-,25-,26+,27-/m0/s1. The Morgan fingerprint density at radius 1 is 1.08 bits per heavy atom. The molecule has 226 valence electrons. The van der Waals surface area contributed by atoms with E-state index in [4.69, 9.17) is 8.37 Å². The highest BCUT2D eigenvalue weighted by molar-refractivity contribution is 7.81. The van der Waals surface area contributed by atoms with Crippen LogP contribution in [0.25, 0.3) is 0 Å². The van der Waals surface area contributed by atoms with Crippen LogP contribution in [0.5, 0.6) is 0 Å². The Hall–Kier alpha value is -0.600. The van der Waals surface area contributed by atoms with Gasteiger partial charge in [-0.25, -0.2) is 16.8 Å². The third-order valence-electron chi connectivity index (χ3n) is 11.0. The quantitative estimate of drug-likeness (QED) is 0.206. The van der Waals surface area contributed by atoms with E-state index in [1.54, 1.807) is 0 Å². The van der Waals surface area contributed by atoms with Crippen molar-refractivity contribution in [3.8, 4) is 0 Å². The predicted molar refractivity (Wildman–Crippen MR) is 140 cm³/mol. The zero-order chi connectivity index (χ0) is 28.8. The summed E-state index contributed by atoms with van der Waals surface area (Å²) in [7, 11) is -9.74. The molecule has 3 fully saturated rings. The second-order valence-electron chi connectivity index (χ2n) is 13.2. The lowest BCUT2D eigenvalue weighted by Gasteiger charge is -2.59. The van der Waals surface area contributed by atoms with Gasteiger partial charge in [0.25, 0.3) is 0 Å². The maximum absolute atomic E-state index is 11.3. The van der Waals surface area contributed by atoms with E-state index >= 15 is 0 Å². The Morgan fingerprint density at radius 2 is 1.79 bits per heavy atom. The summed E-state index contributed by atoms with van der Waals surface area (Å²) >= 11 is 0. The van der Waals surface area contributed by atoms with Crippen molar-refractivity contribution in [1.82, 2.24) is 0 Å². The van der Waals surface area contributed by atoms with Crippen molar-refractivity contribution in [2.24, 2.45) is 46.3 Å². The van der Waals surface area contributed by atoms with Crippen molar-refractivity contribution in [1.29, 1.82) is 0 Å². The minimum absolute atomic E-state index is 0.0609. The lowest BCUT2D eigenvalue weighted by atomic mass is 9.46. The van der Waals surface area contributed by atoms with E-state index < -0.39 is 33.0 Å². The first-order valence-electron chi connectivity index (χ1n) is 14.3. The van der Waals surface area contributed by atoms with E-state index in [0.29, 0.717) is 18.3 Å². The second kappa shape index (κ2) is 11.6. The number of allylic oxidation sites excluding steroid dienone is 1. The third-order valence-corrected chi connectivity index (χ3v) is 11.9. The largest absolute Gasteiger partial charge is 0.726 e. The van der Waals surface area contributed by atoms with Crippen LogP contribution in [0.4, 0.5) is 0 Å². The minimum Gasteiger partial charge on any atom is -0.726 e. The molecule has 0 aromatic carbocycles. The lowest BCUT2D eigenvalue weighted by molar-refractivity contribution is -0.0855. The number of fused-ring (bicyclic) bond motifs is 5. The number of aliphatic hydroxyl groups is 2. The fourth-order valence-electron chi connectivity index (χ4n) is 9.12. The summed E-state index contributed by atoms with van der Waals surface area (Å²) in [6, 6.07) is 0. The van der Waals surface area contributed by atoms with Crippen LogP contribution in [0.1, 0.15) is 85.0 Å². The normalized spacial score (nSPS) is 40.2.